The molecular formula is C11H22N2. The fraction of sp³-hybridized carbons (Fsp3) is 1.00. The fourth-order valence-corrected chi connectivity index (χ4v) is 3.51. The summed E-state index contributed by atoms with van der Waals surface area (Å²) in [6, 6.07) is 1.43. The van der Waals surface area contributed by atoms with E-state index in [1.54, 1.807) is 0 Å². The number of nitrogens with zero attached hydrogens (tertiary/aromatic N) is 1. The van der Waals surface area contributed by atoms with Gasteiger partial charge >= 0.3 is 0 Å². The second-order valence-electron chi connectivity index (χ2n) is 4.82. The smallest absolute Gasteiger partial charge is 0.0249 e. The second-order valence-corrected chi connectivity index (χ2v) is 4.82. The molecule has 4 unspecified atom stereocenters. The predicted molar refractivity (Wildman–Crippen MR) is 55.5 cm³/mol. The molecule has 2 heteroatoms. The molecule has 1 saturated heterocycles. The van der Waals surface area contributed by atoms with E-state index in [9.17, 15) is 0 Å². The van der Waals surface area contributed by atoms with Crippen molar-refractivity contribution in [3.8, 4) is 0 Å². The van der Waals surface area contributed by atoms with E-state index in [1.807, 2.05) is 0 Å². The SMILES string of the molecule is CC1C2CCCCC2C(CN)N1C. The molecule has 76 valence electrons. The Bertz CT molecular complexity index is 171. The summed E-state index contributed by atoms with van der Waals surface area (Å²) in [4.78, 5) is 2.51. The molecule has 0 aromatic rings. The lowest BCUT2D eigenvalue weighted by Gasteiger charge is -2.28. The van der Waals surface area contributed by atoms with Crippen molar-refractivity contribution in [2.45, 2.75) is 44.7 Å². The molecule has 1 aliphatic carbocycles. The van der Waals surface area contributed by atoms with Gasteiger partial charge in [-0.15, -0.1) is 0 Å². The second kappa shape index (κ2) is 3.58. The molecule has 0 radical (unpaired) electrons. The number of likely N-dealkylation sites (N-methyl/N-ethyl adjacent to an activating group) is 1. The summed E-state index contributed by atoms with van der Waals surface area (Å²) < 4.78 is 0. The quantitative estimate of drug-likeness (QED) is 0.665. The van der Waals surface area contributed by atoms with Gasteiger partial charge in [0.1, 0.15) is 0 Å². The van der Waals surface area contributed by atoms with E-state index in [1.165, 1.54) is 25.7 Å². The van der Waals surface area contributed by atoms with Crippen LogP contribution >= 0.6 is 0 Å². The lowest BCUT2D eigenvalue weighted by atomic mass is 9.76. The molecule has 2 rings (SSSR count). The van der Waals surface area contributed by atoms with Crippen LogP contribution in [0.4, 0.5) is 0 Å². The molecule has 0 bridgehead atoms. The van der Waals surface area contributed by atoms with Crippen LogP contribution in [-0.4, -0.2) is 30.6 Å². The van der Waals surface area contributed by atoms with Crippen LogP contribution in [0, 0.1) is 11.8 Å². The first kappa shape index (κ1) is 9.47. The Morgan fingerprint density at radius 2 is 1.85 bits per heavy atom. The van der Waals surface area contributed by atoms with E-state index < -0.39 is 0 Å². The van der Waals surface area contributed by atoms with Crippen molar-refractivity contribution in [3.05, 3.63) is 0 Å². The molecular weight excluding hydrogens is 160 g/mol. The first-order valence-corrected chi connectivity index (χ1v) is 5.67. The van der Waals surface area contributed by atoms with Crippen LogP contribution < -0.4 is 5.73 Å². The summed E-state index contributed by atoms with van der Waals surface area (Å²) in [5.74, 6) is 1.84. The van der Waals surface area contributed by atoms with Crippen molar-refractivity contribution in [1.29, 1.82) is 0 Å². The van der Waals surface area contributed by atoms with Gasteiger partial charge in [0.15, 0.2) is 0 Å². The number of likely N-dealkylation sites (tertiary alicyclic amines) is 1. The van der Waals surface area contributed by atoms with E-state index in [0.29, 0.717) is 6.04 Å². The molecule has 2 N–H and O–H groups in total. The van der Waals surface area contributed by atoms with Crippen LogP contribution in [0.15, 0.2) is 0 Å². The van der Waals surface area contributed by atoms with Gasteiger partial charge in [0, 0.05) is 18.6 Å². The zero-order valence-corrected chi connectivity index (χ0v) is 8.87. The average Bonchev–Trinajstić information content (AvgIpc) is 2.41. The first-order chi connectivity index (χ1) is 6.25. The van der Waals surface area contributed by atoms with Gasteiger partial charge in [0.2, 0.25) is 0 Å². The van der Waals surface area contributed by atoms with E-state index in [0.717, 1.165) is 24.4 Å². The highest BCUT2D eigenvalue weighted by atomic mass is 15.2. The summed E-state index contributed by atoms with van der Waals surface area (Å²) >= 11 is 0. The van der Waals surface area contributed by atoms with E-state index in [-0.39, 0.29) is 0 Å². The predicted octanol–water partition coefficient (Wildman–Crippen LogP) is 1.45. The van der Waals surface area contributed by atoms with E-state index in [2.05, 4.69) is 18.9 Å². The maximum Gasteiger partial charge on any atom is 0.0249 e. The lowest BCUT2D eigenvalue weighted by Crippen LogP contribution is -2.38. The average molecular weight is 182 g/mol. The van der Waals surface area contributed by atoms with Crippen LogP contribution in [0.2, 0.25) is 0 Å². The van der Waals surface area contributed by atoms with Crippen LogP contribution in [0.3, 0.4) is 0 Å². The summed E-state index contributed by atoms with van der Waals surface area (Å²) in [5.41, 5.74) is 5.85. The number of hydrogen-bond acceptors (Lipinski definition) is 2. The van der Waals surface area contributed by atoms with E-state index in [4.69, 9.17) is 5.73 Å². The standard InChI is InChI=1S/C11H22N2/c1-8-9-5-3-4-6-10(9)11(7-12)13(8)2/h8-11H,3-7,12H2,1-2H3. The van der Waals surface area contributed by atoms with Gasteiger partial charge in [-0.05, 0) is 38.6 Å². The Morgan fingerprint density at radius 1 is 1.23 bits per heavy atom. The minimum absolute atomic E-state index is 0.667. The van der Waals surface area contributed by atoms with Gasteiger partial charge in [0.25, 0.3) is 0 Å². The maximum absolute atomic E-state index is 5.85. The van der Waals surface area contributed by atoms with Gasteiger partial charge in [-0.3, -0.25) is 4.90 Å². The van der Waals surface area contributed by atoms with Crippen molar-refractivity contribution >= 4 is 0 Å². The Hall–Kier alpha value is -0.0800. The largest absolute Gasteiger partial charge is 0.329 e. The van der Waals surface area contributed by atoms with Crippen molar-refractivity contribution in [1.82, 2.24) is 4.90 Å². The number of hydrogen-bond donors (Lipinski definition) is 1. The molecule has 2 nitrogen and oxygen atoms in total. The van der Waals surface area contributed by atoms with Crippen molar-refractivity contribution < 1.29 is 0 Å². The molecule has 13 heavy (non-hydrogen) atoms. The van der Waals surface area contributed by atoms with Crippen LogP contribution in [0.5, 0.6) is 0 Å². The highest BCUT2D eigenvalue weighted by Gasteiger charge is 2.44. The Kier molecular flexibility index (Phi) is 2.61. The third-order valence-electron chi connectivity index (χ3n) is 4.40. The van der Waals surface area contributed by atoms with Crippen molar-refractivity contribution in [2.75, 3.05) is 13.6 Å². The van der Waals surface area contributed by atoms with Crippen LogP contribution in [0.25, 0.3) is 0 Å². The van der Waals surface area contributed by atoms with Gasteiger partial charge in [-0.25, -0.2) is 0 Å². The van der Waals surface area contributed by atoms with Gasteiger partial charge in [0.05, 0.1) is 0 Å². The lowest BCUT2D eigenvalue weighted by molar-refractivity contribution is 0.234. The fourth-order valence-electron chi connectivity index (χ4n) is 3.51. The summed E-state index contributed by atoms with van der Waals surface area (Å²) in [5, 5.41) is 0. The molecule has 2 aliphatic rings. The molecule has 1 aliphatic heterocycles. The summed E-state index contributed by atoms with van der Waals surface area (Å²) in [7, 11) is 2.25. The normalized spacial score (nSPS) is 46.4. The van der Waals surface area contributed by atoms with Crippen LogP contribution in [0.1, 0.15) is 32.6 Å². The highest BCUT2D eigenvalue weighted by Crippen LogP contribution is 2.43. The number of nitrogens with two attached hydrogens (primary N) is 1. The topological polar surface area (TPSA) is 29.3 Å². The zero-order chi connectivity index (χ0) is 9.42. The minimum atomic E-state index is 0.667. The molecule has 2 fully saturated rings. The van der Waals surface area contributed by atoms with Gasteiger partial charge in [-0.1, -0.05) is 12.8 Å². The Morgan fingerprint density at radius 3 is 2.46 bits per heavy atom. The molecule has 0 aromatic heterocycles. The number of fused-ring (bicyclic) bond motifs is 1. The number of rotatable bonds is 1. The van der Waals surface area contributed by atoms with Gasteiger partial charge < -0.3 is 5.73 Å². The van der Waals surface area contributed by atoms with Gasteiger partial charge in [-0.2, -0.15) is 0 Å². The monoisotopic (exact) mass is 182 g/mol. The molecule has 4 atom stereocenters. The molecule has 0 amide bonds. The Labute approximate surface area is 81.5 Å². The minimum Gasteiger partial charge on any atom is -0.329 e. The Balaban J connectivity index is 2.14. The molecule has 0 spiro atoms. The summed E-state index contributed by atoms with van der Waals surface area (Å²) in [6.07, 6.45) is 5.72. The van der Waals surface area contributed by atoms with Crippen molar-refractivity contribution in [3.63, 3.8) is 0 Å². The molecule has 1 saturated carbocycles. The zero-order valence-electron chi connectivity index (χ0n) is 8.87. The maximum atomic E-state index is 5.85. The summed E-state index contributed by atoms with van der Waals surface area (Å²) in [6.45, 7) is 3.22. The van der Waals surface area contributed by atoms with E-state index >= 15 is 0 Å². The molecule has 1 heterocycles. The molecule has 0 aromatic carbocycles. The van der Waals surface area contributed by atoms with Crippen molar-refractivity contribution in [2.24, 2.45) is 17.6 Å². The third kappa shape index (κ3) is 1.40. The highest BCUT2D eigenvalue weighted by molar-refractivity contribution is 4.98. The first-order valence-electron chi connectivity index (χ1n) is 5.67. The van der Waals surface area contributed by atoms with Crippen LogP contribution in [-0.2, 0) is 0 Å². The third-order valence-corrected chi connectivity index (χ3v) is 4.40.